The van der Waals surface area contributed by atoms with Crippen LogP contribution in [0.15, 0.2) is 36.5 Å². The van der Waals surface area contributed by atoms with Crippen LogP contribution in [0.2, 0.25) is 0 Å². The van der Waals surface area contributed by atoms with Crippen molar-refractivity contribution in [1.82, 2.24) is 9.97 Å². The van der Waals surface area contributed by atoms with E-state index in [4.69, 9.17) is 0 Å². The van der Waals surface area contributed by atoms with Crippen LogP contribution in [0.25, 0.3) is 0 Å². The van der Waals surface area contributed by atoms with Gasteiger partial charge in [-0.3, -0.25) is 4.79 Å². The predicted molar refractivity (Wildman–Crippen MR) is 102 cm³/mol. The van der Waals surface area contributed by atoms with E-state index in [1.54, 1.807) is 0 Å². The van der Waals surface area contributed by atoms with Crippen LogP contribution < -0.4 is 4.90 Å². The van der Waals surface area contributed by atoms with Crippen molar-refractivity contribution in [3.63, 3.8) is 0 Å². The summed E-state index contributed by atoms with van der Waals surface area (Å²) in [6, 6.07) is 9.93. The molecule has 2 heterocycles. The maximum atomic E-state index is 12.3. The van der Waals surface area contributed by atoms with Crippen molar-refractivity contribution in [3.05, 3.63) is 53.5 Å². The number of benzene rings is 1. The molecule has 5 heteroatoms. The van der Waals surface area contributed by atoms with Crippen LogP contribution in [0.1, 0.15) is 43.1 Å². The third kappa shape index (κ3) is 3.87. The van der Waals surface area contributed by atoms with Gasteiger partial charge in [-0.2, -0.15) is 0 Å². The second-order valence-electron chi connectivity index (χ2n) is 7.29. The summed E-state index contributed by atoms with van der Waals surface area (Å²) >= 11 is 0. The zero-order valence-electron chi connectivity index (χ0n) is 15.6. The Morgan fingerprint density at radius 2 is 2.08 bits per heavy atom. The van der Waals surface area contributed by atoms with Crippen LogP contribution in [0.3, 0.4) is 0 Å². The molecule has 0 bridgehead atoms. The summed E-state index contributed by atoms with van der Waals surface area (Å²) in [6.45, 7) is 5.36. The smallest absolute Gasteiger partial charge is 0.311 e. The summed E-state index contributed by atoms with van der Waals surface area (Å²) in [4.78, 5) is 23.5. The van der Waals surface area contributed by atoms with Crippen molar-refractivity contribution < 1.29 is 9.90 Å². The maximum absolute atomic E-state index is 12.3. The zero-order chi connectivity index (χ0) is 18.6. The summed E-state index contributed by atoms with van der Waals surface area (Å²) in [5.41, 5.74) is 1.41. The number of hydrogen-bond acceptors (Lipinski definition) is 4. The first kappa shape index (κ1) is 18.4. The minimum Gasteiger partial charge on any atom is -0.481 e. The van der Waals surface area contributed by atoms with Crippen molar-refractivity contribution in [2.45, 2.75) is 46.0 Å². The fraction of sp³-hybridized carbons (Fsp3) is 0.476. The number of carboxylic acids is 1. The molecule has 0 spiro atoms. The summed E-state index contributed by atoms with van der Waals surface area (Å²) < 4.78 is 0. The molecule has 1 saturated heterocycles. The summed E-state index contributed by atoms with van der Waals surface area (Å²) in [7, 11) is 0. The second-order valence-corrected chi connectivity index (χ2v) is 7.29. The van der Waals surface area contributed by atoms with Crippen molar-refractivity contribution in [2.24, 2.45) is 5.41 Å². The van der Waals surface area contributed by atoms with Gasteiger partial charge in [0.25, 0.3) is 0 Å². The van der Waals surface area contributed by atoms with E-state index in [0.29, 0.717) is 19.4 Å². The van der Waals surface area contributed by atoms with Crippen LogP contribution in [-0.4, -0.2) is 34.1 Å². The van der Waals surface area contributed by atoms with Gasteiger partial charge in [0.1, 0.15) is 11.6 Å². The van der Waals surface area contributed by atoms with E-state index < -0.39 is 11.4 Å². The van der Waals surface area contributed by atoms with Gasteiger partial charge in [-0.1, -0.05) is 43.7 Å². The molecule has 1 N–H and O–H groups in total. The van der Waals surface area contributed by atoms with Crippen LogP contribution in [0, 0.1) is 12.3 Å². The highest BCUT2D eigenvalue weighted by Crippen LogP contribution is 2.36. The number of aromatic nitrogens is 2. The molecule has 1 aliphatic rings. The lowest BCUT2D eigenvalue weighted by molar-refractivity contribution is -0.149. The first-order valence-corrected chi connectivity index (χ1v) is 9.39. The molecule has 1 aromatic carbocycles. The number of anilines is 1. The lowest BCUT2D eigenvalue weighted by Gasteiger charge is -2.41. The van der Waals surface area contributed by atoms with Gasteiger partial charge in [0, 0.05) is 24.8 Å². The van der Waals surface area contributed by atoms with Crippen molar-refractivity contribution in [3.8, 4) is 0 Å². The number of carbonyl (C=O) groups is 1. The Morgan fingerprint density at radius 1 is 1.31 bits per heavy atom. The van der Waals surface area contributed by atoms with E-state index in [1.165, 1.54) is 0 Å². The van der Waals surface area contributed by atoms with E-state index in [2.05, 4.69) is 21.8 Å². The van der Waals surface area contributed by atoms with Gasteiger partial charge in [-0.15, -0.1) is 0 Å². The summed E-state index contributed by atoms with van der Waals surface area (Å²) in [5.74, 6) is 0.932. The molecule has 1 fully saturated rings. The van der Waals surface area contributed by atoms with Crippen LogP contribution in [0.5, 0.6) is 0 Å². The van der Waals surface area contributed by atoms with Crippen molar-refractivity contribution in [1.29, 1.82) is 0 Å². The van der Waals surface area contributed by atoms with Crippen molar-refractivity contribution >= 4 is 11.8 Å². The highest BCUT2D eigenvalue weighted by atomic mass is 16.4. The minimum atomic E-state index is -0.776. The number of rotatable bonds is 6. The number of aliphatic carboxylic acids is 1. The third-order valence-corrected chi connectivity index (χ3v) is 5.20. The Kier molecular flexibility index (Phi) is 5.55. The molecule has 1 atom stereocenters. The molecule has 0 saturated carbocycles. The molecule has 0 radical (unpaired) electrons. The summed E-state index contributed by atoms with van der Waals surface area (Å²) in [5, 5.41) is 10.1. The molecule has 5 nitrogen and oxygen atoms in total. The minimum absolute atomic E-state index is 0.490. The lowest BCUT2D eigenvalue weighted by atomic mass is 9.75. The van der Waals surface area contributed by atoms with Gasteiger partial charge in [-0.05, 0) is 38.2 Å². The molecule has 1 aliphatic heterocycles. The standard InChI is InChI=1S/C21H27N3O2/c1-3-8-18-14-22-16(2)23-19(18)24-12-7-11-21(15-24,20(25)26)13-17-9-5-4-6-10-17/h4-6,9-10,14H,3,7-8,11-13,15H2,1-2H3,(H,25,26)/t21-/m0/s1. The first-order chi connectivity index (χ1) is 12.5. The Hall–Kier alpha value is -2.43. The molecule has 138 valence electrons. The molecular weight excluding hydrogens is 326 g/mol. The lowest BCUT2D eigenvalue weighted by Crippen LogP contribution is -2.49. The molecular formula is C21H27N3O2. The topological polar surface area (TPSA) is 66.3 Å². The highest BCUT2D eigenvalue weighted by Gasteiger charge is 2.43. The highest BCUT2D eigenvalue weighted by molar-refractivity contribution is 5.76. The Balaban J connectivity index is 1.91. The molecule has 26 heavy (non-hydrogen) atoms. The number of aryl methyl sites for hydroxylation is 2. The van der Waals surface area contributed by atoms with E-state index in [0.717, 1.165) is 48.6 Å². The van der Waals surface area contributed by atoms with E-state index in [9.17, 15) is 9.90 Å². The number of carboxylic acid groups (broad SMARTS) is 1. The van der Waals surface area contributed by atoms with E-state index >= 15 is 0 Å². The van der Waals surface area contributed by atoms with Gasteiger partial charge in [0.05, 0.1) is 5.41 Å². The number of piperidine rings is 1. The van der Waals surface area contributed by atoms with Gasteiger partial charge in [-0.25, -0.2) is 9.97 Å². The van der Waals surface area contributed by atoms with Gasteiger partial charge < -0.3 is 10.0 Å². The third-order valence-electron chi connectivity index (χ3n) is 5.20. The SMILES string of the molecule is CCCc1cnc(C)nc1N1CCC[C@@](Cc2ccccc2)(C(=O)O)C1. The fourth-order valence-electron chi connectivity index (χ4n) is 3.90. The average Bonchev–Trinajstić information content (AvgIpc) is 2.64. The van der Waals surface area contributed by atoms with E-state index in [-0.39, 0.29) is 0 Å². The van der Waals surface area contributed by atoms with Crippen LogP contribution in [0.4, 0.5) is 5.82 Å². The molecule has 0 aliphatic carbocycles. The Morgan fingerprint density at radius 3 is 2.77 bits per heavy atom. The van der Waals surface area contributed by atoms with Crippen LogP contribution in [-0.2, 0) is 17.6 Å². The molecule has 0 amide bonds. The Bertz CT molecular complexity index is 763. The maximum Gasteiger partial charge on any atom is 0.311 e. The number of hydrogen-bond donors (Lipinski definition) is 1. The molecule has 2 aromatic rings. The largest absolute Gasteiger partial charge is 0.481 e. The number of nitrogens with zero attached hydrogens (tertiary/aromatic N) is 3. The second kappa shape index (κ2) is 7.85. The van der Waals surface area contributed by atoms with Gasteiger partial charge in [0.15, 0.2) is 0 Å². The monoisotopic (exact) mass is 353 g/mol. The predicted octanol–water partition coefficient (Wildman–Crippen LogP) is 3.65. The van der Waals surface area contributed by atoms with E-state index in [1.807, 2.05) is 43.5 Å². The van der Waals surface area contributed by atoms with Gasteiger partial charge in [0.2, 0.25) is 0 Å². The molecule has 1 aromatic heterocycles. The molecule has 0 unspecified atom stereocenters. The summed E-state index contributed by atoms with van der Waals surface area (Å²) in [6.07, 6.45) is 5.92. The van der Waals surface area contributed by atoms with Gasteiger partial charge >= 0.3 is 5.97 Å². The van der Waals surface area contributed by atoms with Crippen LogP contribution >= 0.6 is 0 Å². The quantitative estimate of drug-likeness (QED) is 0.859. The average molecular weight is 353 g/mol. The molecule has 3 rings (SSSR count). The van der Waals surface area contributed by atoms with Crippen molar-refractivity contribution in [2.75, 3.05) is 18.0 Å². The zero-order valence-corrected chi connectivity index (χ0v) is 15.6. The first-order valence-electron chi connectivity index (χ1n) is 9.39. The fourth-order valence-corrected chi connectivity index (χ4v) is 3.90. The normalized spacial score (nSPS) is 20.2. The Labute approximate surface area is 155 Å².